The van der Waals surface area contributed by atoms with Gasteiger partial charge in [0.15, 0.2) is 6.54 Å². The van der Waals surface area contributed by atoms with Crippen LogP contribution in [-0.4, -0.2) is 55.3 Å². The predicted octanol–water partition coefficient (Wildman–Crippen LogP) is -1.04. The SMILES string of the molecule is CC(=O)N1CC[NH+](CC(=O)NNC(=O)c2ccccc2Br)CC1. The topological polar surface area (TPSA) is 83.0 Å². The van der Waals surface area contributed by atoms with Crippen LogP contribution in [0.4, 0.5) is 0 Å². The van der Waals surface area contributed by atoms with Crippen molar-refractivity contribution in [2.24, 2.45) is 0 Å². The minimum Gasteiger partial charge on any atom is -0.332 e. The van der Waals surface area contributed by atoms with E-state index in [1.165, 1.54) is 0 Å². The van der Waals surface area contributed by atoms with Crippen LogP contribution in [0.15, 0.2) is 28.7 Å². The number of piperazine rings is 1. The van der Waals surface area contributed by atoms with Gasteiger partial charge in [0.1, 0.15) is 0 Å². The molecular weight excluding hydrogens is 364 g/mol. The van der Waals surface area contributed by atoms with Crippen molar-refractivity contribution in [3.8, 4) is 0 Å². The van der Waals surface area contributed by atoms with Gasteiger partial charge in [0.2, 0.25) is 5.91 Å². The average molecular weight is 384 g/mol. The van der Waals surface area contributed by atoms with Gasteiger partial charge in [0.05, 0.1) is 31.7 Å². The van der Waals surface area contributed by atoms with E-state index in [0.717, 1.165) is 18.0 Å². The third-order valence-electron chi connectivity index (χ3n) is 3.76. The second kappa shape index (κ2) is 8.07. The van der Waals surface area contributed by atoms with Gasteiger partial charge in [-0.05, 0) is 28.1 Å². The van der Waals surface area contributed by atoms with E-state index in [2.05, 4.69) is 26.8 Å². The van der Waals surface area contributed by atoms with Gasteiger partial charge < -0.3 is 9.80 Å². The molecule has 0 unspecified atom stereocenters. The average Bonchev–Trinajstić information content (AvgIpc) is 2.53. The van der Waals surface area contributed by atoms with E-state index < -0.39 is 0 Å². The highest BCUT2D eigenvalue weighted by atomic mass is 79.9. The number of hydrogen-bond donors (Lipinski definition) is 3. The molecule has 3 N–H and O–H groups in total. The summed E-state index contributed by atoms with van der Waals surface area (Å²) in [5.74, 6) is -0.562. The van der Waals surface area contributed by atoms with Gasteiger partial charge in [0.25, 0.3) is 11.8 Å². The zero-order valence-electron chi connectivity index (χ0n) is 12.9. The monoisotopic (exact) mass is 383 g/mol. The first-order valence-corrected chi connectivity index (χ1v) is 8.19. The lowest BCUT2D eigenvalue weighted by molar-refractivity contribution is -0.896. The molecular formula is C15H20BrN4O3+. The van der Waals surface area contributed by atoms with Crippen molar-refractivity contribution in [3.05, 3.63) is 34.3 Å². The number of rotatable bonds is 3. The predicted molar refractivity (Wildman–Crippen MR) is 87.6 cm³/mol. The number of carbonyl (C=O) groups is 3. The van der Waals surface area contributed by atoms with Crippen molar-refractivity contribution in [1.82, 2.24) is 15.8 Å². The second-order valence-electron chi connectivity index (χ2n) is 5.41. The summed E-state index contributed by atoms with van der Waals surface area (Å²) in [7, 11) is 0. The summed E-state index contributed by atoms with van der Waals surface area (Å²) in [6, 6.07) is 6.98. The molecule has 0 radical (unpaired) electrons. The van der Waals surface area contributed by atoms with Crippen molar-refractivity contribution in [2.75, 3.05) is 32.7 Å². The fourth-order valence-electron chi connectivity index (χ4n) is 2.43. The van der Waals surface area contributed by atoms with Gasteiger partial charge in [-0.2, -0.15) is 0 Å². The van der Waals surface area contributed by atoms with Crippen LogP contribution in [-0.2, 0) is 9.59 Å². The summed E-state index contributed by atoms with van der Waals surface area (Å²) < 4.78 is 0.665. The van der Waals surface area contributed by atoms with E-state index >= 15 is 0 Å². The molecule has 0 bridgehead atoms. The molecule has 1 aliphatic heterocycles. The number of quaternary nitrogens is 1. The Balaban J connectivity index is 1.75. The minimum atomic E-state index is -0.373. The summed E-state index contributed by atoms with van der Waals surface area (Å²) in [5, 5.41) is 0. The molecule has 1 fully saturated rings. The summed E-state index contributed by atoms with van der Waals surface area (Å²) >= 11 is 3.29. The Morgan fingerprint density at radius 3 is 2.43 bits per heavy atom. The standard InChI is InChI=1S/C15H19BrN4O3/c1-11(21)20-8-6-19(7-9-20)10-14(22)17-18-15(23)12-4-2-3-5-13(12)16/h2-5H,6-10H2,1H3,(H,17,22)(H,18,23)/p+1. The van der Waals surface area contributed by atoms with Crippen LogP contribution in [0.2, 0.25) is 0 Å². The minimum absolute atomic E-state index is 0.0641. The maximum Gasteiger partial charge on any atom is 0.293 e. The number of benzene rings is 1. The molecule has 1 aromatic carbocycles. The van der Waals surface area contributed by atoms with Gasteiger partial charge in [-0.3, -0.25) is 25.2 Å². The number of carbonyl (C=O) groups excluding carboxylic acids is 3. The third kappa shape index (κ3) is 5.04. The van der Waals surface area contributed by atoms with Crippen molar-refractivity contribution >= 4 is 33.7 Å². The third-order valence-corrected chi connectivity index (χ3v) is 4.45. The Hall–Kier alpha value is -1.93. The second-order valence-corrected chi connectivity index (χ2v) is 6.27. The molecule has 0 aliphatic carbocycles. The number of hydrogen-bond acceptors (Lipinski definition) is 3. The largest absolute Gasteiger partial charge is 0.332 e. The zero-order valence-corrected chi connectivity index (χ0v) is 14.5. The number of nitrogens with zero attached hydrogens (tertiary/aromatic N) is 1. The van der Waals surface area contributed by atoms with Crippen LogP contribution in [0.1, 0.15) is 17.3 Å². The fourth-order valence-corrected chi connectivity index (χ4v) is 2.89. The molecule has 8 heteroatoms. The van der Waals surface area contributed by atoms with E-state index in [-0.39, 0.29) is 24.3 Å². The molecule has 23 heavy (non-hydrogen) atoms. The summed E-state index contributed by atoms with van der Waals surface area (Å²) in [6.07, 6.45) is 0. The van der Waals surface area contributed by atoms with Crippen LogP contribution < -0.4 is 15.8 Å². The molecule has 1 aliphatic rings. The van der Waals surface area contributed by atoms with Crippen LogP contribution in [0.3, 0.4) is 0 Å². The van der Waals surface area contributed by atoms with Crippen LogP contribution >= 0.6 is 15.9 Å². The first kappa shape index (κ1) is 17.4. The summed E-state index contributed by atoms with van der Waals surface area (Å²) in [4.78, 5) is 38.0. The molecule has 0 spiro atoms. The summed E-state index contributed by atoms with van der Waals surface area (Å²) in [6.45, 7) is 4.58. The Morgan fingerprint density at radius 2 is 1.83 bits per heavy atom. The van der Waals surface area contributed by atoms with Gasteiger partial charge in [-0.15, -0.1) is 0 Å². The molecule has 1 heterocycles. The van der Waals surface area contributed by atoms with E-state index in [1.54, 1.807) is 30.0 Å². The first-order valence-electron chi connectivity index (χ1n) is 7.40. The van der Waals surface area contributed by atoms with Gasteiger partial charge in [-0.1, -0.05) is 12.1 Å². The lowest BCUT2D eigenvalue weighted by atomic mass is 10.2. The smallest absolute Gasteiger partial charge is 0.293 e. The van der Waals surface area contributed by atoms with E-state index in [0.29, 0.717) is 23.1 Å². The number of hydrazine groups is 1. The van der Waals surface area contributed by atoms with Gasteiger partial charge in [-0.25, -0.2) is 0 Å². The van der Waals surface area contributed by atoms with Crippen molar-refractivity contribution < 1.29 is 19.3 Å². The maximum absolute atomic E-state index is 12.0. The highest BCUT2D eigenvalue weighted by Gasteiger charge is 2.23. The zero-order chi connectivity index (χ0) is 16.8. The van der Waals surface area contributed by atoms with Gasteiger partial charge in [0, 0.05) is 11.4 Å². The number of amides is 3. The lowest BCUT2D eigenvalue weighted by Crippen LogP contribution is -3.16. The van der Waals surface area contributed by atoms with Crippen molar-refractivity contribution in [1.29, 1.82) is 0 Å². The molecule has 0 aromatic heterocycles. The Labute approximate surface area is 143 Å². The fraction of sp³-hybridized carbons (Fsp3) is 0.400. The Kier molecular flexibility index (Phi) is 6.12. The number of nitrogens with one attached hydrogen (secondary N) is 3. The lowest BCUT2D eigenvalue weighted by Gasteiger charge is -2.31. The first-order chi connectivity index (χ1) is 11.0. The highest BCUT2D eigenvalue weighted by molar-refractivity contribution is 9.10. The molecule has 0 saturated carbocycles. The molecule has 3 amide bonds. The Morgan fingerprint density at radius 1 is 1.17 bits per heavy atom. The molecule has 7 nitrogen and oxygen atoms in total. The van der Waals surface area contributed by atoms with Crippen LogP contribution in [0, 0.1) is 0 Å². The molecule has 1 aromatic rings. The van der Waals surface area contributed by atoms with Gasteiger partial charge >= 0.3 is 0 Å². The molecule has 124 valence electrons. The van der Waals surface area contributed by atoms with Crippen molar-refractivity contribution in [2.45, 2.75) is 6.92 Å². The number of halogens is 1. The Bertz CT molecular complexity index is 600. The van der Waals surface area contributed by atoms with Crippen LogP contribution in [0.5, 0.6) is 0 Å². The molecule has 2 rings (SSSR count). The van der Waals surface area contributed by atoms with Crippen molar-refractivity contribution in [3.63, 3.8) is 0 Å². The van der Waals surface area contributed by atoms with E-state index in [4.69, 9.17) is 0 Å². The maximum atomic E-state index is 12.0. The van der Waals surface area contributed by atoms with Crippen LogP contribution in [0.25, 0.3) is 0 Å². The highest BCUT2D eigenvalue weighted by Crippen LogP contribution is 2.14. The quantitative estimate of drug-likeness (QED) is 0.583. The molecule has 0 atom stereocenters. The van der Waals surface area contributed by atoms with E-state index in [9.17, 15) is 14.4 Å². The molecule has 1 saturated heterocycles. The summed E-state index contributed by atoms with van der Waals surface area (Å²) in [5.41, 5.74) is 5.29. The van der Waals surface area contributed by atoms with E-state index in [1.807, 2.05) is 6.07 Å². The normalized spacial score (nSPS) is 15.1.